The minimum atomic E-state index is 0.402. The van der Waals surface area contributed by atoms with Crippen molar-refractivity contribution >= 4 is 33.9 Å². The van der Waals surface area contributed by atoms with Crippen LogP contribution in [-0.2, 0) is 0 Å². The number of pyridine rings is 1. The average molecular weight is 330 g/mol. The maximum atomic E-state index is 6.03. The van der Waals surface area contributed by atoms with E-state index in [1.54, 1.807) is 6.20 Å². The minimum absolute atomic E-state index is 0.402. The fraction of sp³-hybridized carbons (Fsp3) is 0.474. The van der Waals surface area contributed by atoms with Gasteiger partial charge in [-0.1, -0.05) is 32.4 Å². The highest BCUT2D eigenvalue weighted by Gasteiger charge is 2.27. The number of rotatable bonds is 2. The van der Waals surface area contributed by atoms with Gasteiger partial charge in [0, 0.05) is 22.3 Å². The molecule has 3 rings (SSSR count). The number of benzene rings is 1. The number of nitrogens with one attached hydrogen (secondary N) is 1. The standard InChI is InChI=1S/C19H24ClN3/c1-19(2,3)13-4-7-15(8-5-13)22-23-17-10-11-21-18-12-14(20)6-9-16(17)18/h6,9-13H,4-5,7-8H2,1-3H3,(H,21,23). The Hall–Kier alpha value is -1.61. The molecule has 4 heteroatoms. The normalized spacial score (nSPS) is 19.0. The Morgan fingerprint density at radius 2 is 1.91 bits per heavy atom. The largest absolute Gasteiger partial charge is 0.278 e. The summed E-state index contributed by atoms with van der Waals surface area (Å²) < 4.78 is 0. The van der Waals surface area contributed by atoms with Crippen LogP contribution in [0, 0.1) is 11.3 Å². The van der Waals surface area contributed by atoms with Crippen LogP contribution in [0.3, 0.4) is 0 Å². The Labute approximate surface area is 143 Å². The zero-order valence-electron chi connectivity index (χ0n) is 14.1. The van der Waals surface area contributed by atoms with E-state index >= 15 is 0 Å². The smallest absolute Gasteiger partial charge is 0.0738 e. The van der Waals surface area contributed by atoms with Gasteiger partial charge >= 0.3 is 0 Å². The van der Waals surface area contributed by atoms with Crippen LogP contribution in [0.4, 0.5) is 5.69 Å². The van der Waals surface area contributed by atoms with Gasteiger partial charge in [0.15, 0.2) is 0 Å². The molecular weight excluding hydrogens is 306 g/mol. The van der Waals surface area contributed by atoms with E-state index in [1.807, 2.05) is 24.3 Å². The predicted molar refractivity (Wildman–Crippen MR) is 99.2 cm³/mol. The summed E-state index contributed by atoms with van der Waals surface area (Å²) in [4.78, 5) is 4.36. The Morgan fingerprint density at radius 1 is 1.17 bits per heavy atom. The zero-order chi connectivity index (χ0) is 16.4. The van der Waals surface area contributed by atoms with Crippen molar-refractivity contribution in [2.45, 2.75) is 46.5 Å². The van der Waals surface area contributed by atoms with E-state index in [9.17, 15) is 0 Å². The molecular formula is C19H24ClN3. The first kappa shape index (κ1) is 16.3. The molecule has 0 atom stereocenters. The van der Waals surface area contributed by atoms with E-state index in [-0.39, 0.29) is 0 Å². The molecule has 23 heavy (non-hydrogen) atoms. The lowest BCUT2D eigenvalue weighted by atomic mass is 9.72. The second-order valence-corrected chi connectivity index (χ2v) is 7.89. The second-order valence-electron chi connectivity index (χ2n) is 7.45. The summed E-state index contributed by atoms with van der Waals surface area (Å²) in [5.74, 6) is 0.797. The van der Waals surface area contributed by atoms with Crippen LogP contribution in [-0.4, -0.2) is 10.7 Å². The Bertz CT molecular complexity index is 721. The van der Waals surface area contributed by atoms with Crippen molar-refractivity contribution in [1.29, 1.82) is 0 Å². The minimum Gasteiger partial charge on any atom is -0.278 e. The summed E-state index contributed by atoms with van der Waals surface area (Å²) in [5.41, 5.74) is 6.78. The highest BCUT2D eigenvalue weighted by Crippen LogP contribution is 2.37. The van der Waals surface area contributed by atoms with Crippen LogP contribution in [0.15, 0.2) is 35.6 Å². The Balaban J connectivity index is 1.72. The SMILES string of the molecule is CC(C)(C)C1CCC(=NNc2ccnc3cc(Cl)ccc23)CC1. The highest BCUT2D eigenvalue weighted by atomic mass is 35.5. The first-order chi connectivity index (χ1) is 10.9. The summed E-state index contributed by atoms with van der Waals surface area (Å²) in [6.45, 7) is 7.02. The molecule has 2 aromatic rings. The molecule has 0 spiro atoms. The van der Waals surface area contributed by atoms with Crippen LogP contribution in [0.2, 0.25) is 5.02 Å². The molecule has 1 saturated carbocycles. The fourth-order valence-corrected chi connectivity index (χ4v) is 3.45. The first-order valence-electron chi connectivity index (χ1n) is 8.29. The van der Waals surface area contributed by atoms with Gasteiger partial charge in [0.2, 0.25) is 0 Å². The number of fused-ring (bicyclic) bond motifs is 1. The number of nitrogens with zero attached hydrogens (tertiary/aromatic N) is 2. The maximum Gasteiger partial charge on any atom is 0.0738 e. The number of anilines is 1. The lowest BCUT2D eigenvalue weighted by molar-refractivity contribution is 0.208. The lowest BCUT2D eigenvalue weighted by Crippen LogP contribution is -2.26. The lowest BCUT2D eigenvalue weighted by Gasteiger charge is -2.34. The van der Waals surface area contributed by atoms with Gasteiger partial charge in [0.25, 0.3) is 0 Å². The van der Waals surface area contributed by atoms with Crippen LogP contribution in [0.5, 0.6) is 0 Å². The summed E-state index contributed by atoms with van der Waals surface area (Å²) in [5, 5.41) is 6.40. The molecule has 1 aliphatic carbocycles. The average Bonchev–Trinajstić information content (AvgIpc) is 2.52. The fourth-order valence-electron chi connectivity index (χ4n) is 3.29. The number of hydrazone groups is 1. The molecule has 0 bridgehead atoms. The molecule has 1 aliphatic rings. The van der Waals surface area contributed by atoms with Crippen LogP contribution in [0.25, 0.3) is 10.9 Å². The quantitative estimate of drug-likeness (QED) is 0.697. The molecule has 122 valence electrons. The van der Waals surface area contributed by atoms with Crippen molar-refractivity contribution in [3.05, 3.63) is 35.5 Å². The number of aromatic nitrogens is 1. The van der Waals surface area contributed by atoms with Crippen LogP contribution >= 0.6 is 11.6 Å². The van der Waals surface area contributed by atoms with E-state index in [0.29, 0.717) is 10.4 Å². The van der Waals surface area contributed by atoms with Gasteiger partial charge in [-0.25, -0.2) is 0 Å². The number of hydrogen-bond donors (Lipinski definition) is 1. The van der Waals surface area contributed by atoms with E-state index in [4.69, 9.17) is 11.6 Å². The topological polar surface area (TPSA) is 37.3 Å². The van der Waals surface area contributed by atoms with Crippen molar-refractivity contribution in [1.82, 2.24) is 4.98 Å². The molecule has 1 N–H and O–H groups in total. The van der Waals surface area contributed by atoms with Gasteiger partial charge < -0.3 is 0 Å². The molecule has 3 nitrogen and oxygen atoms in total. The number of halogens is 1. The van der Waals surface area contributed by atoms with Crippen molar-refractivity contribution in [2.75, 3.05) is 5.43 Å². The highest BCUT2D eigenvalue weighted by molar-refractivity contribution is 6.31. The summed E-state index contributed by atoms with van der Waals surface area (Å²) in [7, 11) is 0. The molecule has 1 fully saturated rings. The van der Waals surface area contributed by atoms with Crippen LogP contribution < -0.4 is 5.43 Å². The summed E-state index contributed by atoms with van der Waals surface area (Å²) >= 11 is 6.03. The van der Waals surface area contributed by atoms with Gasteiger partial charge in [-0.2, -0.15) is 5.10 Å². The van der Waals surface area contributed by atoms with Gasteiger partial charge in [-0.05, 0) is 61.3 Å². The molecule has 0 aliphatic heterocycles. The van der Waals surface area contributed by atoms with E-state index in [0.717, 1.165) is 35.3 Å². The van der Waals surface area contributed by atoms with Crippen molar-refractivity contribution in [3.8, 4) is 0 Å². The summed E-state index contributed by atoms with van der Waals surface area (Å²) in [6, 6.07) is 7.72. The monoisotopic (exact) mass is 329 g/mol. The third-order valence-corrected chi connectivity index (χ3v) is 5.06. The van der Waals surface area contributed by atoms with Crippen molar-refractivity contribution in [3.63, 3.8) is 0 Å². The van der Waals surface area contributed by atoms with E-state index in [1.165, 1.54) is 18.6 Å². The van der Waals surface area contributed by atoms with Gasteiger partial charge in [-0.3, -0.25) is 10.4 Å². The second kappa shape index (κ2) is 6.48. The Kier molecular flexibility index (Phi) is 4.58. The molecule has 0 unspecified atom stereocenters. The maximum absolute atomic E-state index is 6.03. The van der Waals surface area contributed by atoms with Crippen LogP contribution in [0.1, 0.15) is 46.5 Å². The van der Waals surface area contributed by atoms with Crippen molar-refractivity contribution < 1.29 is 0 Å². The molecule has 0 saturated heterocycles. The molecule has 1 heterocycles. The van der Waals surface area contributed by atoms with Gasteiger partial charge in [0.05, 0.1) is 11.2 Å². The molecule has 1 aromatic carbocycles. The van der Waals surface area contributed by atoms with E-state index < -0.39 is 0 Å². The van der Waals surface area contributed by atoms with E-state index in [2.05, 4.69) is 36.3 Å². The molecule has 0 radical (unpaired) electrons. The van der Waals surface area contributed by atoms with Crippen molar-refractivity contribution in [2.24, 2.45) is 16.4 Å². The molecule has 0 amide bonds. The summed E-state index contributed by atoms with van der Waals surface area (Å²) in [6.07, 6.45) is 6.43. The third-order valence-electron chi connectivity index (χ3n) is 4.83. The zero-order valence-corrected chi connectivity index (χ0v) is 14.8. The third kappa shape index (κ3) is 3.84. The Morgan fingerprint density at radius 3 is 2.61 bits per heavy atom. The first-order valence-corrected chi connectivity index (χ1v) is 8.67. The van der Waals surface area contributed by atoms with Gasteiger partial charge in [-0.15, -0.1) is 0 Å². The number of hydrogen-bond acceptors (Lipinski definition) is 3. The predicted octanol–water partition coefficient (Wildman–Crippen LogP) is 5.89. The van der Waals surface area contributed by atoms with Gasteiger partial charge in [0.1, 0.15) is 0 Å². The molecule has 1 aromatic heterocycles.